The zero-order chi connectivity index (χ0) is 11.3. The molecule has 1 saturated heterocycles. The van der Waals surface area contributed by atoms with Gasteiger partial charge < -0.3 is 10.4 Å². The lowest BCUT2D eigenvalue weighted by Gasteiger charge is -2.33. The van der Waals surface area contributed by atoms with E-state index in [0.29, 0.717) is 0 Å². The van der Waals surface area contributed by atoms with Crippen molar-refractivity contribution in [2.24, 2.45) is 0 Å². The molecular weight excluding hydrogens is 192 g/mol. The molecule has 0 spiro atoms. The number of aliphatic hydroxyl groups is 1. The normalized spacial score (nSPS) is 21.3. The Morgan fingerprint density at radius 3 is 2.67 bits per heavy atom. The molecule has 4 nitrogen and oxygen atoms in total. The third-order valence-corrected chi connectivity index (χ3v) is 2.98. The van der Waals surface area contributed by atoms with Crippen molar-refractivity contribution in [3.63, 3.8) is 0 Å². The highest BCUT2D eigenvalue weighted by Crippen LogP contribution is 2.12. The smallest absolute Gasteiger partial charge is 0.237 e. The Bertz CT molecular complexity index is 201. The summed E-state index contributed by atoms with van der Waals surface area (Å²) in [7, 11) is 0. The fourth-order valence-corrected chi connectivity index (χ4v) is 1.83. The van der Waals surface area contributed by atoms with Gasteiger partial charge in [-0.2, -0.15) is 0 Å². The Labute approximate surface area is 91.6 Å². The SMILES string of the molecule is CCCNC(=O)[C@@H](C)N1CCC(O)CC1. The van der Waals surface area contributed by atoms with E-state index in [0.717, 1.165) is 38.9 Å². The number of carbonyl (C=O) groups is 1. The summed E-state index contributed by atoms with van der Waals surface area (Å²) < 4.78 is 0. The molecule has 15 heavy (non-hydrogen) atoms. The van der Waals surface area contributed by atoms with E-state index >= 15 is 0 Å². The number of nitrogens with zero attached hydrogens (tertiary/aromatic N) is 1. The summed E-state index contributed by atoms with van der Waals surface area (Å²) in [6.45, 7) is 6.37. The molecule has 4 heteroatoms. The van der Waals surface area contributed by atoms with Crippen molar-refractivity contribution in [1.29, 1.82) is 0 Å². The molecule has 0 aliphatic carbocycles. The summed E-state index contributed by atoms with van der Waals surface area (Å²) >= 11 is 0. The maximum absolute atomic E-state index is 11.7. The standard InChI is InChI=1S/C11H22N2O2/c1-3-6-12-11(15)9(2)13-7-4-10(14)5-8-13/h9-10,14H,3-8H2,1-2H3,(H,12,15)/t9-/m1/s1. The Balaban J connectivity index is 2.32. The van der Waals surface area contributed by atoms with Crippen LogP contribution in [0.5, 0.6) is 0 Å². The van der Waals surface area contributed by atoms with Crippen LogP contribution >= 0.6 is 0 Å². The van der Waals surface area contributed by atoms with Gasteiger partial charge in [-0.3, -0.25) is 9.69 Å². The van der Waals surface area contributed by atoms with Crippen molar-refractivity contribution in [3.8, 4) is 0 Å². The second-order valence-electron chi connectivity index (χ2n) is 4.23. The molecule has 1 fully saturated rings. The highest BCUT2D eigenvalue weighted by molar-refractivity contribution is 5.81. The van der Waals surface area contributed by atoms with Crippen LogP contribution < -0.4 is 5.32 Å². The fraction of sp³-hybridized carbons (Fsp3) is 0.909. The number of rotatable bonds is 4. The van der Waals surface area contributed by atoms with Crippen LogP contribution in [0.15, 0.2) is 0 Å². The molecule has 0 aromatic carbocycles. The van der Waals surface area contributed by atoms with E-state index in [-0.39, 0.29) is 18.1 Å². The van der Waals surface area contributed by atoms with Gasteiger partial charge in [0.2, 0.25) is 5.91 Å². The number of nitrogens with one attached hydrogen (secondary N) is 1. The molecule has 0 bridgehead atoms. The summed E-state index contributed by atoms with van der Waals surface area (Å²) in [4.78, 5) is 13.8. The summed E-state index contributed by atoms with van der Waals surface area (Å²) in [5.74, 6) is 0.105. The van der Waals surface area contributed by atoms with Crippen LogP contribution in [0, 0.1) is 0 Å². The topological polar surface area (TPSA) is 52.6 Å². The lowest BCUT2D eigenvalue weighted by molar-refractivity contribution is -0.126. The van der Waals surface area contributed by atoms with Gasteiger partial charge in [-0.1, -0.05) is 6.92 Å². The maximum atomic E-state index is 11.7. The Kier molecular flexibility index (Phi) is 5.05. The molecule has 1 rings (SSSR count). The molecule has 0 saturated carbocycles. The van der Waals surface area contributed by atoms with Gasteiger partial charge in [0.05, 0.1) is 12.1 Å². The molecule has 1 aliphatic heterocycles. The van der Waals surface area contributed by atoms with Gasteiger partial charge in [0, 0.05) is 19.6 Å². The van der Waals surface area contributed by atoms with Crippen LogP contribution in [0.2, 0.25) is 0 Å². The van der Waals surface area contributed by atoms with Crippen LogP contribution in [0.1, 0.15) is 33.1 Å². The first-order valence-electron chi connectivity index (χ1n) is 5.85. The Morgan fingerprint density at radius 2 is 2.13 bits per heavy atom. The summed E-state index contributed by atoms with van der Waals surface area (Å²) in [5, 5.41) is 12.3. The molecule has 1 aliphatic rings. The molecule has 1 atom stereocenters. The van der Waals surface area contributed by atoms with E-state index in [2.05, 4.69) is 10.2 Å². The largest absolute Gasteiger partial charge is 0.393 e. The van der Waals surface area contributed by atoms with Crippen LogP contribution in [0.4, 0.5) is 0 Å². The number of hydrogen-bond donors (Lipinski definition) is 2. The van der Waals surface area contributed by atoms with Gasteiger partial charge in [-0.05, 0) is 26.2 Å². The van der Waals surface area contributed by atoms with Gasteiger partial charge in [0.25, 0.3) is 0 Å². The first-order chi connectivity index (χ1) is 7.15. The monoisotopic (exact) mass is 214 g/mol. The van der Waals surface area contributed by atoms with E-state index in [1.165, 1.54) is 0 Å². The van der Waals surface area contributed by atoms with Gasteiger partial charge in [0.15, 0.2) is 0 Å². The molecule has 0 radical (unpaired) electrons. The van der Waals surface area contributed by atoms with E-state index in [1.54, 1.807) is 0 Å². The van der Waals surface area contributed by atoms with Crippen molar-refractivity contribution in [2.75, 3.05) is 19.6 Å². The van der Waals surface area contributed by atoms with Crippen molar-refractivity contribution in [2.45, 2.75) is 45.3 Å². The lowest BCUT2D eigenvalue weighted by atomic mass is 10.1. The third-order valence-electron chi connectivity index (χ3n) is 2.98. The van der Waals surface area contributed by atoms with E-state index in [9.17, 15) is 9.90 Å². The minimum Gasteiger partial charge on any atom is -0.393 e. The number of likely N-dealkylation sites (tertiary alicyclic amines) is 1. The van der Waals surface area contributed by atoms with Gasteiger partial charge >= 0.3 is 0 Å². The molecule has 2 N–H and O–H groups in total. The first kappa shape index (κ1) is 12.5. The highest BCUT2D eigenvalue weighted by Gasteiger charge is 2.25. The third kappa shape index (κ3) is 3.80. The van der Waals surface area contributed by atoms with Crippen LogP contribution in [-0.4, -0.2) is 47.7 Å². The second kappa shape index (κ2) is 6.08. The van der Waals surface area contributed by atoms with Crippen molar-refractivity contribution < 1.29 is 9.90 Å². The molecule has 1 heterocycles. The van der Waals surface area contributed by atoms with Crippen LogP contribution in [0.3, 0.4) is 0 Å². The minimum atomic E-state index is -0.174. The van der Waals surface area contributed by atoms with Gasteiger partial charge in [-0.15, -0.1) is 0 Å². The zero-order valence-electron chi connectivity index (χ0n) is 9.70. The predicted octanol–water partition coefficient (Wildman–Crippen LogP) is 0.358. The maximum Gasteiger partial charge on any atom is 0.237 e. The summed E-state index contributed by atoms with van der Waals surface area (Å²) in [5.41, 5.74) is 0. The minimum absolute atomic E-state index is 0.0657. The molecule has 1 amide bonds. The van der Waals surface area contributed by atoms with Gasteiger partial charge in [0.1, 0.15) is 0 Å². The van der Waals surface area contributed by atoms with Crippen molar-refractivity contribution in [1.82, 2.24) is 10.2 Å². The number of aliphatic hydroxyl groups excluding tert-OH is 1. The molecule has 0 aromatic heterocycles. The molecule has 0 aromatic rings. The number of carbonyl (C=O) groups excluding carboxylic acids is 1. The van der Waals surface area contributed by atoms with Crippen LogP contribution in [-0.2, 0) is 4.79 Å². The summed E-state index contributed by atoms with van der Waals surface area (Å²) in [6.07, 6.45) is 2.36. The zero-order valence-corrected chi connectivity index (χ0v) is 9.70. The predicted molar refractivity (Wildman–Crippen MR) is 59.6 cm³/mol. The molecular formula is C11H22N2O2. The average Bonchev–Trinajstić information content (AvgIpc) is 2.26. The van der Waals surface area contributed by atoms with Crippen molar-refractivity contribution in [3.05, 3.63) is 0 Å². The first-order valence-corrected chi connectivity index (χ1v) is 5.85. The Hall–Kier alpha value is -0.610. The summed E-state index contributed by atoms with van der Waals surface area (Å²) in [6, 6.07) is -0.0657. The number of hydrogen-bond acceptors (Lipinski definition) is 3. The molecule has 88 valence electrons. The van der Waals surface area contributed by atoms with E-state index in [4.69, 9.17) is 0 Å². The second-order valence-corrected chi connectivity index (χ2v) is 4.23. The number of piperidine rings is 1. The quantitative estimate of drug-likeness (QED) is 0.710. The van der Waals surface area contributed by atoms with E-state index < -0.39 is 0 Å². The van der Waals surface area contributed by atoms with Gasteiger partial charge in [-0.25, -0.2) is 0 Å². The number of amides is 1. The molecule has 0 unspecified atom stereocenters. The average molecular weight is 214 g/mol. The lowest BCUT2D eigenvalue weighted by Crippen LogP contribution is -2.49. The van der Waals surface area contributed by atoms with E-state index in [1.807, 2.05) is 13.8 Å². The highest BCUT2D eigenvalue weighted by atomic mass is 16.3. The Morgan fingerprint density at radius 1 is 1.53 bits per heavy atom. The fourth-order valence-electron chi connectivity index (χ4n) is 1.83. The van der Waals surface area contributed by atoms with Crippen molar-refractivity contribution >= 4 is 5.91 Å². The van der Waals surface area contributed by atoms with Crippen LogP contribution in [0.25, 0.3) is 0 Å².